The van der Waals surface area contributed by atoms with E-state index in [1.807, 2.05) is 6.92 Å². The first-order valence-corrected chi connectivity index (χ1v) is 5.68. The van der Waals surface area contributed by atoms with E-state index in [1.165, 1.54) is 12.8 Å². The second-order valence-electron chi connectivity index (χ2n) is 3.97. The van der Waals surface area contributed by atoms with Crippen molar-refractivity contribution in [1.82, 2.24) is 9.97 Å². The molecule has 0 spiro atoms. The van der Waals surface area contributed by atoms with Crippen LogP contribution < -0.4 is 11.1 Å². The Morgan fingerprint density at radius 3 is 2.94 bits per heavy atom. The van der Waals surface area contributed by atoms with Crippen LogP contribution in [0.25, 0.3) is 0 Å². The largest absolute Gasteiger partial charge is 0.368 e. The van der Waals surface area contributed by atoms with Crippen molar-refractivity contribution in [2.24, 2.45) is 0 Å². The molecule has 0 radical (unpaired) electrons. The van der Waals surface area contributed by atoms with Crippen molar-refractivity contribution in [3.8, 4) is 0 Å². The lowest BCUT2D eigenvalue weighted by atomic mass is 10.1. The molecule has 1 aromatic rings. The minimum absolute atomic E-state index is 0.0876. The van der Waals surface area contributed by atoms with Gasteiger partial charge in [0.1, 0.15) is 0 Å². The molecule has 0 saturated carbocycles. The fourth-order valence-corrected chi connectivity index (χ4v) is 1.49. The number of nitrogen functional groups attached to an aromatic ring is 1. The molecule has 0 aliphatic heterocycles. The Labute approximate surface area is 95.5 Å². The van der Waals surface area contributed by atoms with Gasteiger partial charge in [-0.15, -0.1) is 0 Å². The van der Waals surface area contributed by atoms with Crippen LogP contribution in [0.1, 0.15) is 39.5 Å². The molecule has 0 fully saturated rings. The van der Waals surface area contributed by atoms with Crippen molar-refractivity contribution in [3.05, 3.63) is 12.0 Å². The molecular weight excluding hydrogens is 207 g/mol. The molecule has 0 amide bonds. The second-order valence-corrected chi connectivity index (χ2v) is 3.97. The van der Waals surface area contributed by atoms with Crippen LogP contribution in [0.15, 0.2) is 6.20 Å². The van der Waals surface area contributed by atoms with Gasteiger partial charge in [0.25, 0.3) is 0 Å². The minimum atomic E-state index is -0.462. The third-order valence-electron chi connectivity index (χ3n) is 2.39. The summed E-state index contributed by atoms with van der Waals surface area (Å²) in [5.41, 5.74) is 5.40. The predicted molar refractivity (Wildman–Crippen MR) is 63.6 cm³/mol. The number of halogens is 1. The van der Waals surface area contributed by atoms with E-state index in [0.29, 0.717) is 0 Å². The summed E-state index contributed by atoms with van der Waals surface area (Å²) >= 11 is 0. The van der Waals surface area contributed by atoms with Crippen LogP contribution in [0, 0.1) is 5.82 Å². The number of nitrogens with two attached hydrogens (primary N) is 1. The zero-order chi connectivity index (χ0) is 12.0. The SMILES string of the molecule is CCCCCC(C)Nc1nc(N)ncc1F. The number of hydrogen-bond donors (Lipinski definition) is 2. The molecule has 1 unspecified atom stereocenters. The maximum absolute atomic E-state index is 13.3. The number of nitrogens with one attached hydrogen (secondary N) is 1. The van der Waals surface area contributed by atoms with Crippen molar-refractivity contribution < 1.29 is 4.39 Å². The summed E-state index contributed by atoms with van der Waals surface area (Å²) in [6.45, 7) is 4.16. The van der Waals surface area contributed by atoms with Gasteiger partial charge in [-0.25, -0.2) is 9.37 Å². The number of rotatable bonds is 6. The normalized spacial score (nSPS) is 12.4. The van der Waals surface area contributed by atoms with Crippen molar-refractivity contribution in [2.75, 3.05) is 11.1 Å². The van der Waals surface area contributed by atoms with E-state index in [9.17, 15) is 4.39 Å². The van der Waals surface area contributed by atoms with E-state index in [4.69, 9.17) is 5.73 Å². The smallest absolute Gasteiger partial charge is 0.222 e. The number of unbranched alkanes of at least 4 members (excludes halogenated alkanes) is 2. The van der Waals surface area contributed by atoms with Crippen molar-refractivity contribution in [2.45, 2.75) is 45.6 Å². The molecule has 0 bridgehead atoms. The standard InChI is InChI=1S/C11H19FN4/c1-3-4-5-6-8(2)15-10-9(12)7-14-11(13)16-10/h7-8H,3-6H2,1-2H3,(H3,13,14,15,16). The molecular formula is C11H19FN4. The van der Waals surface area contributed by atoms with E-state index in [1.54, 1.807) is 0 Å². The Balaban J connectivity index is 2.48. The van der Waals surface area contributed by atoms with Gasteiger partial charge >= 0.3 is 0 Å². The lowest BCUT2D eigenvalue weighted by molar-refractivity contribution is 0.591. The van der Waals surface area contributed by atoms with Gasteiger partial charge < -0.3 is 11.1 Å². The summed E-state index contributed by atoms with van der Waals surface area (Å²) in [5, 5.41) is 3.00. The van der Waals surface area contributed by atoms with Gasteiger partial charge in [0.15, 0.2) is 11.6 Å². The summed E-state index contributed by atoms with van der Waals surface area (Å²) in [7, 11) is 0. The Morgan fingerprint density at radius 2 is 2.25 bits per heavy atom. The number of anilines is 2. The number of nitrogens with zero attached hydrogens (tertiary/aromatic N) is 2. The van der Waals surface area contributed by atoms with Crippen LogP contribution in [-0.2, 0) is 0 Å². The molecule has 0 aliphatic carbocycles. The first kappa shape index (κ1) is 12.7. The van der Waals surface area contributed by atoms with Gasteiger partial charge in [-0.3, -0.25) is 0 Å². The zero-order valence-corrected chi connectivity index (χ0v) is 9.83. The van der Waals surface area contributed by atoms with Crippen molar-refractivity contribution >= 4 is 11.8 Å². The van der Waals surface area contributed by atoms with Gasteiger partial charge in [0, 0.05) is 6.04 Å². The summed E-state index contributed by atoms with van der Waals surface area (Å²) in [4.78, 5) is 7.40. The van der Waals surface area contributed by atoms with Crippen molar-refractivity contribution in [1.29, 1.82) is 0 Å². The quantitative estimate of drug-likeness (QED) is 0.732. The van der Waals surface area contributed by atoms with Gasteiger partial charge in [0.05, 0.1) is 6.20 Å². The Hall–Kier alpha value is -1.39. The van der Waals surface area contributed by atoms with Gasteiger partial charge in [-0.05, 0) is 13.3 Å². The topological polar surface area (TPSA) is 63.8 Å². The van der Waals surface area contributed by atoms with Crippen LogP contribution in [0.5, 0.6) is 0 Å². The first-order chi connectivity index (χ1) is 7.63. The van der Waals surface area contributed by atoms with Crippen LogP contribution in [0.3, 0.4) is 0 Å². The third-order valence-corrected chi connectivity index (χ3v) is 2.39. The summed E-state index contributed by atoms with van der Waals surface area (Å²) < 4.78 is 13.3. The van der Waals surface area contributed by atoms with E-state index in [-0.39, 0.29) is 17.8 Å². The average Bonchev–Trinajstić information content (AvgIpc) is 2.24. The lowest BCUT2D eigenvalue weighted by Crippen LogP contribution is -2.17. The molecule has 1 aromatic heterocycles. The average molecular weight is 226 g/mol. The molecule has 3 N–H and O–H groups in total. The predicted octanol–water partition coefficient (Wildman–Crippen LogP) is 2.58. The van der Waals surface area contributed by atoms with E-state index >= 15 is 0 Å². The summed E-state index contributed by atoms with van der Waals surface area (Å²) in [5.74, 6) is -0.183. The zero-order valence-electron chi connectivity index (χ0n) is 9.83. The maximum atomic E-state index is 13.3. The molecule has 1 heterocycles. The van der Waals surface area contributed by atoms with Crippen LogP contribution in [-0.4, -0.2) is 16.0 Å². The molecule has 90 valence electrons. The molecule has 0 aliphatic rings. The van der Waals surface area contributed by atoms with E-state index in [0.717, 1.165) is 19.0 Å². The van der Waals surface area contributed by atoms with E-state index < -0.39 is 5.82 Å². The molecule has 5 heteroatoms. The van der Waals surface area contributed by atoms with Gasteiger partial charge in [0.2, 0.25) is 5.95 Å². The molecule has 16 heavy (non-hydrogen) atoms. The summed E-state index contributed by atoms with van der Waals surface area (Å²) in [6.07, 6.45) is 5.59. The highest BCUT2D eigenvalue weighted by atomic mass is 19.1. The van der Waals surface area contributed by atoms with Gasteiger partial charge in [-0.2, -0.15) is 4.98 Å². The Bertz CT molecular complexity index is 330. The monoisotopic (exact) mass is 226 g/mol. The highest BCUT2D eigenvalue weighted by Gasteiger charge is 2.08. The lowest BCUT2D eigenvalue weighted by Gasteiger charge is -2.14. The van der Waals surface area contributed by atoms with Crippen LogP contribution in [0.4, 0.5) is 16.2 Å². The summed E-state index contributed by atoms with van der Waals surface area (Å²) in [6, 6.07) is 0.190. The Morgan fingerprint density at radius 1 is 1.50 bits per heavy atom. The molecule has 0 aromatic carbocycles. The fourth-order valence-electron chi connectivity index (χ4n) is 1.49. The maximum Gasteiger partial charge on any atom is 0.222 e. The minimum Gasteiger partial charge on any atom is -0.368 e. The molecule has 0 saturated heterocycles. The highest BCUT2D eigenvalue weighted by Crippen LogP contribution is 2.13. The molecule has 1 rings (SSSR count). The van der Waals surface area contributed by atoms with Crippen molar-refractivity contribution in [3.63, 3.8) is 0 Å². The fraction of sp³-hybridized carbons (Fsp3) is 0.636. The number of aromatic nitrogens is 2. The molecule has 1 atom stereocenters. The van der Waals surface area contributed by atoms with Crippen LogP contribution >= 0.6 is 0 Å². The first-order valence-electron chi connectivity index (χ1n) is 5.68. The Kier molecular flexibility index (Phi) is 4.95. The molecule has 4 nitrogen and oxygen atoms in total. The third kappa shape index (κ3) is 4.00. The second kappa shape index (κ2) is 6.25. The number of hydrogen-bond acceptors (Lipinski definition) is 4. The van der Waals surface area contributed by atoms with Crippen LogP contribution in [0.2, 0.25) is 0 Å². The highest BCUT2D eigenvalue weighted by molar-refractivity contribution is 5.39. The van der Waals surface area contributed by atoms with E-state index in [2.05, 4.69) is 22.2 Å². The van der Waals surface area contributed by atoms with Gasteiger partial charge in [-0.1, -0.05) is 26.2 Å².